The van der Waals surface area contributed by atoms with Crippen LogP contribution in [-0.4, -0.2) is 69.0 Å². The highest BCUT2D eigenvalue weighted by Crippen LogP contribution is 2.93. The summed E-state index contributed by atoms with van der Waals surface area (Å²) in [5, 5.41) is 2.86. The molecule has 1 spiro atoms. The third-order valence-electron chi connectivity index (χ3n) is 10.8. The summed E-state index contributed by atoms with van der Waals surface area (Å²) in [7, 11) is 3.13. The molecule has 2 aromatic rings. The molecule has 1 aromatic heterocycles. The Balaban J connectivity index is 0.816. The van der Waals surface area contributed by atoms with Crippen molar-refractivity contribution in [2.75, 3.05) is 58.7 Å². The number of nitrogen functional groups attached to an aromatic ring is 2. The van der Waals surface area contributed by atoms with Crippen molar-refractivity contribution in [1.82, 2.24) is 15.3 Å². The van der Waals surface area contributed by atoms with E-state index in [0.29, 0.717) is 87.0 Å². The number of ether oxygens (including phenoxy) is 5. The van der Waals surface area contributed by atoms with Crippen molar-refractivity contribution in [3.8, 4) is 17.2 Å². The van der Waals surface area contributed by atoms with Crippen LogP contribution in [0.2, 0.25) is 0 Å². The van der Waals surface area contributed by atoms with Crippen molar-refractivity contribution in [1.29, 1.82) is 0 Å². The molecule has 6 rings (SSSR count). The van der Waals surface area contributed by atoms with Crippen LogP contribution in [0.25, 0.3) is 0 Å². The minimum Gasteiger partial charge on any atom is -0.493 e. The predicted octanol–water partition coefficient (Wildman–Crippen LogP) is 3.30. The third-order valence-corrected chi connectivity index (χ3v) is 10.8. The summed E-state index contributed by atoms with van der Waals surface area (Å²) in [5.74, 6) is 4.57. The maximum atomic E-state index is 12.4. The summed E-state index contributed by atoms with van der Waals surface area (Å²) in [5.41, 5.74) is 14.0. The molecule has 2 atom stereocenters. The van der Waals surface area contributed by atoms with Gasteiger partial charge in [-0.1, -0.05) is 0 Å². The first kappa shape index (κ1) is 31.2. The van der Waals surface area contributed by atoms with Gasteiger partial charge in [0, 0.05) is 31.1 Å². The van der Waals surface area contributed by atoms with Gasteiger partial charge in [0.15, 0.2) is 11.5 Å². The number of esters is 1. The molecule has 4 fully saturated rings. The average Bonchev–Trinajstić information content (AvgIpc) is 2.98. The van der Waals surface area contributed by atoms with Gasteiger partial charge in [-0.15, -0.1) is 0 Å². The van der Waals surface area contributed by atoms with Gasteiger partial charge in [0.2, 0.25) is 17.6 Å². The molecule has 0 saturated heterocycles. The molecule has 0 bridgehead atoms. The molecule has 244 valence electrons. The van der Waals surface area contributed by atoms with E-state index in [1.807, 2.05) is 12.1 Å². The fourth-order valence-corrected chi connectivity index (χ4v) is 8.99. The normalized spacial score (nSPS) is 26.5. The second-order valence-electron chi connectivity index (χ2n) is 13.0. The zero-order valence-electron chi connectivity index (χ0n) is 26.3. The number of hydrogen-bond donors (Lipinski definition) is 3. The maximum Gasteiger partial charge on any atom is 0.306 e. The Labute approximate surface area is 263 Å². The van der Waals surface area contributed by atoms with Gasteiger partial charge in [-0.05, 0) is 84.8 Å². The second kappa shape index (κ2) is 12.9. The number of methoxy groups -OCH3 is 2. The summed E-state index contributed by atoms with van der Waals surface area (Å²) < 4.78 is 28.1. The van der Waals surface area contributed by atoms with E-state index in [1.54, 1.807) is 20.4 Å². The van der Waals surface area contributed by atoms with E-state index >= 15 is 0 Å². The van der Waals surface area contributed by atoms with Crippen LogP contribution in [0.3, 0.4) is 0 Å². The lowest BCUT2D eigenvalue weighted by molar-refractivity contribution is -0.431. The van der Waals surface area contributed by atoms with Crippen LogP contribution in [0, 0.1) is 28.6 Å². The molecule has 45 heavy (non-hydrogen) atoms. The number of carbonyl (C=O) groups is 2. The number of nitrogens with zero attached hydrogens (tertiary/aromatic N) is 2. The number of carbonyl (C=O) groups excluding carboxylic acids is 2. The first-order valence-corrected chi connectivity index (χ1v) is 16.0. The number of nitrogens with one attached hydrogen (secondary N) is 1. The van der Waals surface area contributed by atoms with Crippen LogP contribution in [-0.2, 0) is 25.5 Å². The number of benzene rings is 1. The van der Waals surface area contributed by atoms with Gasteiger partial charge in [-0.2, -0.15) is 4.98 Å². The molecule has 12 nitrogen and oxygen atoms in total. The molecule has 0 aliphatic heterocycles. The highest BCUT2D eigenvalue weighted by Gasteiger charge is 2.87. The van der Waals surface area contributed by atoms with E-state index in [4.69, 9.17) is 35.2 Å². The fraction of sp³-hybridized carbons (Fsp3) is 0.636. The van der Waals surface area contributed by atoms with Gasteiger partial charge in [-0.25, -0.2) is 4.98 Å². The van der Waals surface area contributed by atoms with E-state index in [1.165, 1.54) is 25.7 Å². The Kier molecular flexibility index (Phi) is 8.94. The minimum absolute atomic E-state index is 0.0445. The van der Waals surface area contributed by atoms with Crippen molar-refractivity contribution in [2.24, 2.45) is 28.6 Å². The number of nitrogens with two attached hydrogens (primary N) is 2. The van der Waals surface area contributed by atoms with E-state index in [0.717, 1.165) is 28.9 Å². The lowest BCUT2D eigenvalue weighted by Crippen LogP contribution is -2.85. The second-order valence-corrected chi connectivity index (χ2v) is 13.0. The van der Waals surface area contributed by atoms with Gasteiger partial charge in [-0.3, -0.25) is 9.59 Å². The van der Waals surface area contributed by atoms with E-state index in [9.17, 15) is 9.59 Å². The van der Waals surface area contributed by atoms with Crippen LogP contribution in [0.1, 0.15) is 62.5 Å². The molecule has 1 amide bonds. The average molecular weight is 624 g/mol. The molecule has 1 aromatic carbocycles. The van der Waals surface area contributed by atoms with Crippen LogP contribution in [0.5, 0.6) is 17.2 Å². The Morgan fingerprint density at radius 3 is 2.36 bits per heavy atom. The summed E-state index contributed by atoms with van der Waals surface area (Å²) in [6.07, 6.45) is 9.63. The molecule has 12 heteroatoms. The van der Waals surface area contributed by atoms with Crippen molar-refractivity contribution in [3.63, 3.8) is 0 Å². The smallest absolute Gasteiger partial charge is 0.306 e. The zero-order chi connectivity index (χ0) is 31.6. The quantitative estimate of drug-likeness (QED) is 0.164. The molecule has 5 N–H and O–H groups in total. The molecule has 4 aliphatic rings. The van der Waals surface area contributed by atoms with Crippen molar-refractivity contribution >= 4 is 23.6 Å². The van der Waals surface area contributed by atoms with E-state index in [2.05, 4.69) is 15.3 Å². The molecule has 4 saturated carbocycles. The molecular formula is C33H45N5O7. The van der Waals surface area contributed by atoms with E-state index < -0.39 is 0 Å². The van der Waals surface area contributed by atoms with Crippen LogP contribution < -0.4 is 31.0 Å². The van der Waals surface area contributed by atoms with Crippen molar-refractivity contribution < 1.29 is 33.3 Å². The Morgan fingerprint density at radius 2 is 1.71 bits per heavy atom. The SMILES string of the molecule is COc1cc(Cc2cnc(N)nc2N)cc(OC)c1OCCCCC(=O)NCCOCCOC(=O)CC12CC3CC4CC(C1)C432. The summed E-state index contributed by atoms with van der Waals surface area (Å²) in [6, 6.07) is 3.71. The number of rotatable bonds is 18. The van der Waals surface area contributed by atoms with Gasteiger partial charge in [0.1, 0.15) is 12.4 Å². The maximum absolute atomic E-state index is 12.4. The summed E-state index contributed by atoms with van der Waals surface area (Å²) in [4.78, 5) is 32.7. The predicted molar refractivity (Wildman–Crippen MR) is 166 cm³/mol. The molecule has 0 radical (unpaired) electrons. The topological polar surface area (TPSA) is 170 Å². The summed E-state index contributed by atoms with van der Waals surface area (Å²) >= 11 is 0. The molecule has 4 aliphatic carbocycles. The lowest BCUT2D eigenvalue weighted by atomic mass is 9.13. The van der Waals surface area contributed by atoms with Gasteiger partial charge in [0.05, 0.1) is 40.5 Å². The van der Waals surface area contributed by atoms with Gasteiger partial charge < -0.3 is 40.5 Å². The van der Waals surface area contributed by atoms with Crippen LogP contribution in [0.15, 0.2) is 18.3 Å². The number of unbranched alkanes of at least 4 members (excludes halogenated alkanes) is 1. The zero-order valence-corrected chi connectivity index (χ0v) is 26.3. The Bertz CT molecular complexity index is 1370. The van der Waals surface area contributed by atoms with Gasteiger partial charge >= 0.3 is 5.97 Å². The van der Waals surface area contributed by atoms with E-state index in [-0.39, 0.29) is 29.8 Å². The largest absolute Gasteiger partial charge is 0.493 e. The van der Waals surface area contributed by atoms with Crippen LogP contribution in [0.4, 0.5) is 11.8 Å². The monoisotopic (exact) mass is 623 g/mol. The number of amides is 1. The first-order valence-electron chi connectivity index (χ1n) is 16.0. The highest BCUT2D eigenvalue weighted by atomic mass is 16.6. The molecule has 1 heterocycles. The minimum atomic E-state index is -0.0795. The number of anilines is 2. The number of hydrogen-bond acceptors (Lipinski definition) is 11. The first-order chi connectivity index (χ1) is 21.8. The highest BCUT2D eigenvalue weighted by molar-refractivity contribution is 5.75. The summed E-state index contributed by atoms with van der Waals surface area (Å²) in [6.45, 7) is 1.77. The Hall–Kier alpha value is -3.80. The third kappa shape index (κ3) is 5.73. The fourth-order valence-electron chi connectivity index (χ4n) is 8.99. The molecular weight excluding hydrogens is 578 g/mol. The van der Waals surface area contributed by atoms with Crippen molar-refractivity contribution in [2.45, 2.75) is 57.8 Å². The Morgan fingerprint density at radius 1 is 0.978 bits per heavy atom. The standard InChI is InChI=1S/C33H45N5O7/c1-41-25-12-20(11-21-19-37-31(35)38-30(21)34)13-26(42-2)29(25)45-7-4-3-5-27(39)36-6-8-43-9-10-44-28(40)18-32-16-23-14-22-15-24(17-32)33(22,23)32/h12-13,19,22-24H,3-11,14-18H2,1-2H3,(H,36,39)(H4,34,35,37,38). The van der Waals surface area contributed by atoms with Crippen molar-refractivity contribution in [3.05, 3.63) is 29.5 Å². The van der Waals surface area contributed by atoms with Crippen LogP contribution >= 0.6 is 0 Å². The number of aromatic nitrogens is 2. The molecule has 2 unspecified atom stereocenters. The van der Waals surface area contributed by atoms with Gasteiger partial charge in [0.25, 0.3) is 0 Å². The lowest BCUT2D eigenvalue weighted by Gasteiger charge is -2.91.